The number of rotatable bonds is 5. The van der Waals surface area contributed by atoms with Crippen molar-refractivity contribution in [3.63, 3.8) is 0 Å². The van der Waals surface area contributed by atoms with E-state index in [1.807, 2.05) is 30.3 Å². The van der Waals surface area contributed by atoms with Crippen LogP contribution in [0.4, 0.5) is 0 Å². The Kier molecular flexibility index (Phi) is 7.47. The van der Waals surface area contributed by atoms with Gasteiger partial charge in [0.25, 0.3) is 0 Å². The number of benzene rings is 2. The van der Waals surface area contributed by atoms with Crippen LogP contribution in [0.3, 0.4) is 0 Å². The first-order valence-electron chi connectivity index (χ1n) is 8.78. The maximum Gasteiger partial charge on any atom is 0.335 e. The zero-order chi connectivity index (χ0) is 21.4. The molecule has 1 fully saturated rings. The number of nitrogens with zero attached hydrogens (tertiary/aromatic N) is 1. The zero-order valence-corrected chi connectivity index (χ0v) is 15.8. The molecule has 0 saturated carbocycles. The maximum absolute atomic E-state index is 11.7. The number of methoxy groups -OCH3 is 1. The lowest BCUT2D eigenvalue weighted by Gasteiger charge is -2.16. The summed E-state index contributed by atoms with van der Waals surface area (Å²) in [6.45, 7) is 1.02. The Bertz CT molecular complexity index is 866. The first-order valence-corrected chi connectivity index (χ1v) is 8.78. The number of likely N-dealkylation sites (tertiary alicyclic amines) is 1. The molecule has 1 unspecified atom stereocenters. The maximum atomic E-state index is 11.7. The van der Waals surface area contributed by atoms with Crippen LogP contribution in [0.2, 0.25) is 0 Å². The summed E-state index contributed by atoms with van der Waals surface area (Å²) in [5, 5.41) is 17.0. The highest BCUT2D eigenvalue weighted by atomic mass is 16.5. The van der Waals surface area contributed by atoms with Crippen molar-refractivity contribution < 1.29 is 34.1 Å². The summed E-state index contributed by atoms with van der Waals surface area (Å²) in [7, 11) is 1.35. The van der Waals surface area contributed by atoms with Gasteiger partial charge in [0.1, 0.15) is 0 Å². The van der Waals surface area contributed by atoms with Gasteiger partial charge >= 0.3 is 17.9 Å². The number of esters is 1. The van der Waals surface area contributed by atoms with Crippen molar-refractivity contribution in [3.8, 4) is 0 Å². The van der Waals surface area contributed by atoms with Gasteiger partial charge in [0.15, 0.2) is 0 Å². The van der Waals surface area contributed by atoms with E-state index in [9.17, 15) is 19.2 Å². The normalized spacial score (nSPS) is 15.3. The second kappa shape index (κ2) is 10.0. The number of hydrogen-bond acceptors (Lipinski definition) is 5. The van der Waals surface area contributed by atoms with E-state index in [2.05, 4.69) is 4.74 Å². The van der Waals surface area contributed by atoms with Crippen LogP contribution in [0.15, 0.2) is 54.6 Å². The SMILES string of the molecule is COC(=O)C1CC(=O)N(Cc2ccccc2)C1.O=C(O)c1cccc(C(=O)O)c1. The van der Waals surface area contributed by atoms with Gasteiger partial charge < -0.3 is 19.8 Å². The number of carboxylic acid groups (broad SMARTS) is 2. The largest absolute Gasteiger partial charge is 0.478 e. The van der Waals surface area contributed by atoms with Gasteiger partial charge in [-0.3, -0.25) is 9.59 Å². The summed E-state index contributed by atoms with van der Waals surface area (Å²) in [4.78, 5) is 45.6. The van der Waals surface area contributed by atoms with Crippen LogP contribution in [0.5, 0.6) is 0 Å². The number of carboxylic acids is 2. The van der Waals surface area contributed by atoms with Crippen molar-refractivity contribution >= 4 is 23.8 Å². The fourth-order valence-electron chi connectivity index (χ4n) is 2.84. The van der Waals surface area contributed by atoms with E-state index in [0.717, 1.165) is 11.6 Å². The van der Waals surface area contributed by atoms with Gasteiger partial charge in [0.2, 0.25) is 5.91 Å². The minimum absolute atomic E-state index is 0.0178. The van der Waals surface area contributed by atoms with E-state index in [-0.39, 0.29) is 35.3 Å². The van der Waals surface area contributed by atoms with Gasteiger partial charge in [0, 0.05) is 19.5 Å². The van der Waals surface area contributed by atoms with Crippen LogP contribution in [0, 0.1) is 5.92 Å². The molecule has 8 heteroatoms. The molecule has 1 aliphatic heterocycles. The molecule has 152 valence electrons. The molecule has 0 spiro atoms. The van der Waals surface area contributed by atoms with Crippen LogP contribution in [0.1, 0.15) is 32.7 Å². The first kappa shape index (κ1) is 21.6. The van der Waals surface area contributed by atoms with Crippen LogP contribution < -0.4 is 0 Å². The van der Waals surface area contributed by atoms with Crippen molar-refractivity contribution in [1.82, 2.24) is 4.90 Å². The van der Waals surface area contributed by atoms with Crippen LogP contribution in [-0.4, -0.2) is 52.6 Å². The molecule has 2 N–H and O–H groups in total. The fourth-order valence-corrected chi connectivity index (χ4v) is 2.84. The topological polar surface area (TPSA) is 121 Å². The van der Waals surface area contributed by atoms with E-state index in [0.29, 0.717) is 13.1 Å². The molecule has 1 saturated heterocycles. The van der Waals surface area contributed by atoms with E-state index < -0.39 is 11.9 Å². The quantitative estimate of drug-likeness (QED) is 0.740. The number of carbonyl (C=O) groups is 4. The molecule has 1 amide bonds. The van der Waals surface area contributed by atoms with Crippen molar-refractivity contribution in [2.24, 2.45) is 5.92 Å². The molecular weight excluding hydrogens is 378 g/mol. The van der Waals surface area contributed by atoms with Crippen LogP contribution in [-0.2, 0) is 20.9 Å². The van der Waals surface area contributed by atoms with Crippen molar-refractivity contribution in [2.45, 2.75) is 13.0 Å². The highest BCUT2D eigenvalue weighted by molar-refractivity contribution is 5.93. The summed E-state index contributed by atoms with van der Waals surface area (Å²) in [5.74, 6) is -2.84. The molecule has 0 aromatic heterocycles. The lowest BCUT2D eigenvalue weighted by molar-refractivity contribution is -0.145. The summed E-state index contributed by atoms with van der Waals surface area (Å²) in [6, 6.07) is 15.0. The summed E-state index contributed by atoms with van der Waals surface area (Å²) in [5.41, 5.74) is 1.04. The predicted molar refractivity (Wildman–Crippen MR) is 102 cm³/mol. The van der Waals surface area contributed by atoms with Crippen molar-refractivity contribution in [3.05, 3.63) is 71.3 Å². The number of hydrogen-bond donors (Lipinski definition) is 2. The number of amides is 1. The van der Waals surface area contributed by atoms with Gasteiger partial charge in [-0.2, -0.15) is 0 Å². The summed E-state index contributed by atoms with van der Waals surface area (Å²) < 4.78 is 4.66. The Balaban J connectivity index is 0.000000221. The molecule has 0 aliphatic carbocycles. The van der Waals surface area contributed by atoms with E-state index >= 15 is 0 Å². The third kappa shape index (κ3) is 6.17. The third-order valence-corrected chi connectivity index (χ3v) is 4.32. The fraction of sp³-hybridized carbons (Fsp3) is 0.238. The third-order valence-electron chi connectivity index (χ3n) is 4.32. The molecule has 8 nitrogen and oxygen atoms in total. The zero-order valence-electron chi connectivity index (χ0n) is 15.8. The van der Waals surface area contributed by atoms with E-state index in [1.165, 1.54) is 25.3 Å². The van der Waals surface area contributed by atoms with Crippen molar-refractivity contribution in [1.29, 1.82) is 0 Å². The Morgan fingerprint density at radius 1 is 1.00 bits per heavy atom. The van der Waals surface area contributed by atoms with Gasteiger partial charge in [0.05, 0.1) is 24.2 Å². The average molecular weight is 399 g/mol. The van der Waals surface area contributed by atoms with Gasteiger partial charge in [-0.15, -0.1) is 0 Å². The molecule has 1 heterocycles. The van der Waals surface area contributed by atoms with Gasteiger partial charge in [-0.05, 0) is 23.8 Å². The summed E-state index contributed by atoms with van der Waals surface area (Å²) in [6.07, 6.45) is 0.263. The second-order valence-electron chi connectivity index (χ2n) is 6.38. The Morgan fingerprint density at radius 3 is 2.10 bits per heavy atom. The molecular formula is C21H21NO7. The highest BCUT2D eigenvalue weighted by Crippen LogP contribution is 2.21. The number of ether oxygens (including phenoxy) is 1. The standard InChI is InChI=1S/C13H15NO3.C8H6O4/c1-17-13(16)11-7-12(15)14(9-11)8-10-5-3-2-4-6-10;9-7(10)5-2-1-3-6(4-5)8(11)12/h2-6,11H,7-9H2,1H3;1-4H,(H,9,10)(H,11,12). The molecule has 1 atom stereocenters. The number of carbonyl (C=O) groups excluding carboxylic acids is 2. The highest BCUT2D eigenvalue weighted by Gasteiger charge is 2.34. The molecule has 1 aliphatic rings. The Labute approximate surface area is 167 Å². The van der Waals surface area contributed by atoms with Gasteiger partial charge in [-0.1, -0.05) is 36.4 Å². The van der Waals surface area contributed by atoms with Crippen LogP contribution >= 0.6 is 0 Å². The lowest BCUT2D eigenvalue weighted by atomic mass is 10.1. The minimum Gasteiger partial charge on any atom is -0.478 e. The average Bonchev–Trinajstić information content (AvgIpc) is 3.09. The lowest BCUT2D eigenvalue weighted by Crippen LogP contribution is -2.26. The minimum atomic E-state index is -1.13. The smallest absolute Gasteiger partial charge is 0.335 e. The van der Waals surface area contributed by atoms with Crippen LogP contribution in [0.25, 0.3) is 0 Å². The van der Waals surface area contributed by atoms with Crippen molar-refractivity contribution in [2.75, 3.05) is 13.7 Å². The molecule has 2 aromatic rings. The first-order chi connectivity index (χ1) is 13.8. The van der Waals surface area contributed by atoms with E-state index in [4.69, 9.17) is 10.2 Å². The second-order valence-corrected chi connectivity index (χ2v) is 6.38. The summed E-state index contributed by atoms with van der Waals surface area (Å²) >= 11 is 0. The monoisotopic (exact) mass is 399 g/mol. The molecule has 0 bridgehead atoms. The number of aromatic carboxylic acids is 2. The molecule has 3 rings (SSSR count). The molecule has 29 heavy (non-hydrogen) atoms. The van der Waals surface area contributed by atoms with Gasteiger partial charge in [-0.25, -0.2) is 9.59 Å². The molecule has 0 radical (unpaired) electrons. The molecule has 2 aromatic carbocycles. The van der Waals surface area contributed by atoms with E-state index in [1.54, 1.807) is 4.90 Å². The Hall–Kier alpha value is -3.68. The Morgan fingerprint density at radius 2 is 1.59 bits per heavy atom. The predicted octanol–water partition coefficient (Wildman–Crippen LogP) is 2.29.